The zero-order chi connectivity index (χ0) is 16.7. The van der Waals surface area contributed by atoms with Crippen molar-refractivity contribution in [3.8, 4) is 6.07 Å². The highest BCUT2D eigenvalue weighted by molar-refractivity contribution is 6.06. The molecule has 0 saturated heterocycles. The number of nitro benzene ring substituents is 1. The van der Waals surface area contributed by atoms with Crippen molar-refractivity contribution in [2.45, 2.75) is 0 Å². The molecule has 1 heterocycles. The topological polar surface area (TPSA) is 121 Å². The van der Waals surface area contributed by atoms with Crippen LogP contribution in [0.2, 0.25) is 0 Å². The van der Waals surface area contributed by atoms with Crippen LogP contribution in [0, 0.1) is 21.4 Å². The van der Waals surface area contributed by atoms with Gasteiger partial charge in [0.2, 0.25) is 0 Å². The number of anilines is 2. The smallest absolute Gasteiger partial charge is 0.269 e. The van der Waals surface area contributed by atoms with Crippen LogP contribution >= 0.6 is 0 Å². The zero-order valence-electron chi connectivity index (χ0n) is 11.8. The van der Waals surface area contributed by atoms with Crippen molar-refractivity contribution in [1.82, 2.24) is 4.98 Å². The van der Waals surface area contributed by atoms with E-state index in [4.69, 9.17) is 5.26 Å². The van der Waals surface area contributed by atoms with Crippen LogP contribution in [0.25, 0.3) is 0 Å². The van der Waals surface area contributed by atoms with Gasteiger partial charge in [-0.2, -0.15) is 5.26 Å². The Labute approximate surface area is 131 Å². The normalized spacial score (nSPS) is 10.5. The summed E-state index contributed by atoms with van der Waals surface area (Å²) < 4.78 is 0. The number of amides is 1. The fourth-order valence-corrected chi connectivity index (χ4v) is 1.62. The average molecular weight is 309 g/mol. The molecule has 23 heavy (non-hydrogen) atoms. The minimum Gasteiger partial charge on any atom is -0.359 e. The van der Waals surface area contributed by atoms with Gasteiger partial charge in [-0.3, -0.25) is 19.9 Å². The molecule has 8 heteroatoms. The second kappa shape index (κ2) is 7.33. The molecule has 0 radical (unpaired) electrons. The Kier molecular flexibility index (Phi) is 4.99. The van der Waals surface area contributed by atoms with Crippen LogP contribution < -0.4 is 10.6 Å². The van der Waals surface area contributed by atoms with Gasteiger partial charge in [0.15, 0.2) is 0 Å². The molecule has 2 aromatic rings. The van der Waals surface area contributed by atoms with Crippen LogP contribution in [-0.4, -0.2) is 15.8 Å². The van der Waals surface area contributed by atoms with Gasteiger partial charge in [-0.15, -0.1) is 0 Å². The number of hydrogen-bond donors (Lipinski definition) is 2. The molecule has 0 spiro atoms. The van der Waals surface area contributed by atoms with E-state index in [1.165, 1.54) is 30.5 Å². The Morgan fingerprint density at radius 1 is 1.26 bits per heavy atom. The molecule has 0 fully saturated rings. The second-order valence-corrected chi connectivity index (χ2v) is 4.31. The minimum absolute atomic E-state index is 0.0858. The third-order valence-corrected chi connectivity index (χ3v) is 2.75. The summed E-state index contributed by atoms with van der Waals surface area (Å²) in [5, 5.41) is 24.9. The minimum atomic E-state index is -0.627. The molecule has 0 aliphatic heterocycles. The van der Waals surface area contributed by atoms with Crippen LogP contribution in [0.4, 0.5) is 17.1 Å². The summed E-state index contributed by atoms with van der Waals surface area (Å²) in [5.41, 5.74) is 0.746. The highest BCUT2D eigenvalue weighted by Crippen LogP contribution is 2.16. The molecular formula is C15H11N5O3. The molecular weight excluding hydrogens is 298 g/mol. The number of nitrogens with zero attached hydrogens (tertiary/aromatic N) is 3. The number of aromatic nitrogens is 1. The summed E-state index contributed by atoms with van der Waals surface area (Å²) in [6.07, 6.45) is 4.40. The molecule has 114 valence electrons. The van der Waals surface area contributed by atoms with Gasteiger partial charge in [-0.1, -0.05) is 0 Å². The Bertz CT molecular complexity index is 779. The second-order valence-electron chi connectivity index (χ2n) is 4.31. The molecule has 1 amide bonds. The first kappa shape index (κ1) is 15.7. The van der Waals surface area contributed by atoms with Crippen molar-refractivity contribution in [2.75, 3.05) is 10.6 Å². The largest absolute Gasteiger partial charge is 0.359 e. The quantitative estimate of drug-likeness (QED) is 0.379. The number of nitriles is 1. The Morgan fingerprint density at radius 3 is 2.57 bits per heavy atom. The van der Waals surface area contributed by atoms with Gasteiger partial charge in [0, 0.05) is 30.2 Å². The Morgan fingerprint density at radius 2 is 2.00 bits per heavy atom. The molecule has 0 unspecified atom stereocenters. The van der Waals surface area contributed by atoms with Crippen molar-refractivity contribution < 1.29 is 9.72 Å². The summed E-state index contributed by atoms with van der Waals surface area (Å²) in [5.74, 6) is -0.627. The SMILES string of the molecule is N#C/C(=C/Nc1cccnc1)C(=O)Nc1ccc([N+](=O)[O-])cc1. The number of pyridine rings is 1. The lowest BCUT2D eigenvalue weighted by atomic mass is 10.2. The Balaban J connectivity index is 2.05. The Hall–Kier alpha value is -3.73. The molecule has 1 aromatic carbocycles. The van der Waals surface area contributed by atoms with Crippen molar-refractivity contribution in [1.29, 1.82) is 5.26 Å². The van der Waals surface area contributed by atoms with Crippen LogP contribution in [0.15, 0.2) is 60.6 Å². The van der Waals surface area contributed by atoms with E-state index in [1.54, 1.807) is 30.6 Å². The van der Waals surface area contributed by atoms with Crippen LogP contribution in [0.5, 0.6) is 0 Å². The van der Waals surface area contributed by atoms with E-state index >= 15 is 0 Å². The maximum Gasteiger partial charge on any atom is 0.269 e. The summed E-state index contributed by atoms with van der Waals surface area (Å²) in [6.45, 7) is 0. The van der Waals surface area contributed by atoms with Crippen molar-refractivity contribution in [3.63, 3.8) is 0 Å². The predicted molar refractivity (Wildman–Crippen MR) is 83.3 cm³/mol. The maximum atomic E-state index is 12.0. The summed E-state index contributed by atoms with van der Waals surface area (Å²) in [7, 11) is 0. The third kappa shape index (κ3) is 4.37. The van der Waals surface area contributed by atoms with E-state index in [0.29, 0.717) is 11.4 Å². The fourth-order valence-electron chi connectivity index (χ4n) is 1.62. The third-order valence-electron chi connectivity index (χ3n) is 2.75. The predicted octanol–water partition coefficient (Wildman–Crippen LogP) is 2.45. The summed E-state index contributed by atoms with van der Waals surface area (Å²) in [6, 6.07) is 10.5. The van der Waals surface area contributed by atoms with Gasteiger partial charge >= 0.3 is 0 Å². The monoisotopic (exact) mass is 309 g/mol. The van der Waals surface area contributed by atoms with Crippen LogP contribution in [0.3, 0.4) is 0 Å². The van der Waals surface area contributed by atoms with Crippen LogP contribution in [0.1, 0.15) is 0 Å². The molecule has 0 aliphatic rings. The molecule has 2 rings (SSSR count). The number of benzene rings is 1. The molecule has 0 bridgehead atoms. The molecule has 0 atom stereocenters. The average Bonchev–Trinajstić information content (AvgIpc) is 2.57. The number of carbonyl (C=O) groups is 1. The van der Waals surface area contributed by atoms with Gasteiger partial charge in [0.05, 0.1) is 16.8 Å². The molecule has 2 N–H and O–H groups in total. The number of carbonyl (C=O) groups excluding carboxylic acids is 1. The lowest BCUT2D eigenvalue weighted by molar-refractivity contribution is -0.384. The maximum absolute atomic E-state index is 12.0. The molecule has 1 aromatic heterocycles. The van der Waals surface area contributed by atoms with Gasteiger partial charge in [0.1, 0.15) is 11.6 Å². The van der Waals surface area contributed by atoms with Crippen LogP contribution in [-0.2, 0) is 4.79 Å². The van der Waals surface area contributed by atoms with Gasteiger partial charge in [0.25, 0.3) is 11.6 Å². The molecule has 0 saturated carbocycles. The van der Waals surface area contributed by atoms with E-state index in [1.807, 2.05) is 0 Å². The van der Waals surface area contributed by atoms with E-state index < -0.39 is 10.8 Å². The highest BCUT2D eigenvalue weighted by atomic mass is 16.6. The van der Waals surface area contributed by atoms with Gasteiger partial charge < -0.3 is 10.6 Å². The number of hydrogen-bond acceptors (Lipinski definition) is 6. The summed E-state index contributed by atoms with van der Waals surface area (Å²) in [4.78, 5) is 25.9. The van der Waals surface area contributed by atoms with Gasteiger partial charge in [-0.05, 0) is 24.3 Å². The first-order valence-corrected chi connectivity index (χ1v) is 6.43. The lowest BCUT2D eigenvalue weighted by Crippen LogP contribution is -2.14. The lowest BCUT2D eigenvalue weighted by Gasteiger charge is -2.04. The van der Waals surface area contributed by atoms with E-state index in [2.05, 4.69) is 15.6 Å². The molecule has 8 nitrogen and oxygen atoms in total. The fraction of sp³-hybridized carbons (Fsp3) is 0. The highest BCUT2D eigenvalue weighted by Gasteiger charge is 2.10. The standard InChI is InChI=1S/C15H11N5O3/c16-8-11(9-18-13-2-1-7-17-10-13)15(21)19-12-3-5-14(6-4-12)20(22)23/h1-7,9-10,18H,(H,19,21)/b11-9-. The zero-order valence-corrected chi connectivity index (χ0v) is 11.8. The summed E-state index contributed by atoms with van der Waals surface area (Å²) >= 11 is 0. The van der Waals surface area contributed by atoms with Gasteiger partial charge in [-0.25, -0.2) is 0 Å². The number of nitrogens with one attached hydrogen (secondary N) is 2. The number of nitro groups is 1. The molecule has 0 aliphatic carbocycles. The van der Waals surface area contributed by atoms with Crippen molar-refractivity contribution >= 4 is 23.0 Å². The first-order chi connectivity index (χ1) is 11.1. The van der Waals surface area contributed by atoms with E-state index in [0.717, 1.165) is 0 Å². The van der Waals surface area contributed by atoms with Crippen molar-refractivity contribution in [2.24, 2.45) is 0 Å². The van der Waals surface area contributed by atoms with E-state index in [9.17, 15) is 14.9 Å². The number of rotatable bonds is 5. The first-order valence-electron chi connectivity index (χ1n) is 6.43. The number of non-ortho nitro benzene ring substituents is 1. The van der Waals surface area contributed by atoms with Crippen molar-refractivity contribution in [3.05, 3.63) is 70.7 Å². The van der Waals surface area contributed by atoms with E-state index in [-0.39, 0.29) is 11.3 Å².